The largest absolute Gasteiger partial charge is 0.487 e. The van der Waals surface area contributed by atoms with Crippen molar-refractivity contribution in [3.8, 4) is 17.0 Å². The Balaban J connectivity index is 1.48. The Bertz CT molecular complexity index is 935. The summed E-state index contributed by atoms with van der Waals surface area (Å²) >= 11 is 0. The summed E-state index contributed by atoms with van der Waals surface area (Å²) in [5, 5.41) is 3.12. The van der Waals surface area contributed by atoms with Crippen molar-refractivity contribution in [3.63, 3.8) is 0 Å². The third-order valence-electron chi connectivity index (χ3n) is 6.95. The number of nitrogens with one attached hydrogen (secondary N) is 1. The molecule has 1 unspecified atom stereocenters. The molecule has 28 heavy (non-hydrogen) atoms. The number of carbonyl (C=O) groups is 1. The van der Waals surface area contributed by atoms with Crippen LogP contribution in [0.15, 0.2) is 24.4 Å². The topological polar surface area (TPSA) is 64.1 Å². The van der Waals surface area contributed by atoms with Gasteiger partial charge in [-0.25, -0.2) is 4.98 Å². The Kier molecular flexibility index (Phi) is 4.25. The van der Waals surface area contributed by atoms with Crippen LogP contribution in [-0.2, 0) is 11.2 Å². The predicted molar refractivity (Wildman–Crippen MR) is 109 cm³/mol. The minimum Gasteiger partial charge on any atom is -0.487 e. The molecule has 0 saturated heterocycles. The molecule has 1 aliphatic carbocycles. The number of para-hydroxylation sites is 1. The monoisotopic (exact) mass is 379 g/mol. The van der Waals surface area contributed by atoms with Crippen molar-refractivity contribution in [1.82, 2.24) is 15.3 Å². The van der Waals surface area contributed by atoms with Crippen molar-refractivity contribution in [2.45, 2.75) is 54.1 Å². The van der Waals surface area contributed by atoms with E-state index in [1.54, 1.807) is 6.20 Å². The Morgan fingerprint density at radius 1 is 1.21 bits per heavy atom. The summed E-state index contributed by atoms with van der Waals surface area (Å²) in [5.74, 6) is 1.07. The summed E-state index contributed by atoms with van der Waals surface area (Å²) in [4.78, 5) is 21.8. The molecule has 148 valence electrons. The minimum atomic E-state index is -0.0526. The van der Waals surface area contributed by atoms with E-state index >= 15 is 0 Å². The zero-order chi connectivity index (χ0) is 20.3. The van der Waals surface area contributed by atoms with Gasteiger partial charge in [-0.3, -0.25) is 9.78 Å². The van der Waals surface area contributed by atoms with Crippen LogP contribution in [0.5, 0.6) is 5.75 Å². The van der Waals surface area contributed by atoms with E-state index in [4.69, 9.17) is 4.74 Å². The van der Waals surface area contributed by atoms with Crippen molar-refractivity contribution in [3.05, 3.63) is 41.3 Å². The van der Waals surface area contributed by atoms with Gasteiger partial charge in [-0.05, 0) is 36.3 Å². The summed E-state index contributed by atoms with van der Waals surface area (Å²) in [6.45, 7) is 13.1. The second-order valence-electron chi connectivity index (χ2n) is 9.30. The van der Waals surface area contributed by atoms with Gasteiger partial charge in [0.25, 0.3) is 0 Å². The zero-order valence-corrected chi connectivity index (χ0v) is 17.6. The number of rotatable bonds is 4. The van der Waals surface area contributed by atoms with E-state index in [2.05, 4.69) is 49.0 Å². The highest BCUT2D eigenvalue weighted by Gasteiger charge is 2.68. The SMILES string of the molecule is Cc1cnc(C)c(-c2cccc3c2OC(CNC(=O)C2C(C)(C)C2(C)C)C3)n1. The highest BCUT2D eigenvalue weighted by molar-refractivity contribution is 5.84. The normalized spacial score (nSPS) is 21.7. The molecular formula is C23H29N3O2. The molecule has 2 heterocycles. The Labute approximate surface area is 166 Å². The minimum absolute atomic E-state index is 0.0467. The average Bonchev–Trinajstić information content (AvgIpc) is 2.93. The third kappa shape index (κ3) is 2.88. The Morgan fingerprint density at radius 3 is 2.61 bits per heavy atom. The molecule has 1 saturated carbocycles. The van der Waals surface area contributed by atoms with Crippen LogP contribution in [-0.4, -0.2) is 28.5 Å². The van der Waals surface area contributed by atoms with E-state index in [-0.39, 0.29) is 28.8 Å². The third-order valence-corrected chi connectivity index (χ3v) is 6.95. The van der Waals surface area contributed by atoms with Crippen LogP contribution in [0.1, 0.15) is 44.6 Å². The zero-order valence-electron chi connectivity index (χ0n) is 17.6. The van der Waals surface area contributed by atoms with Crippen LogP contribution in [0.3, 0.4) is 0 Å². The number of aryl methyl sites for hydroxylation is 2. The number of ether oxygens (including phenoxy) is 1. The number of hydrogen-bond donors (Lipinski definition) is 1. The summed E-state index contributed by atoms with van der Waals surface area (Å²) in [6.07, 6.45) is 2.52. The fourth-order valence-electron chi connectivity index (χ4n) is 4.60. The smallest absolute Gasteiger partial charge is 0.224 e. The molecule has 4 rings (SSSR count). The lowest BCUT2D eigenvalue weighted by Crippen LogP contribution is -2.36. The van der Waals surface area contributed by atoms with Gasteiger partial charge < -0.3 is 10.1 Å². The second kappa shape index (κ2) is 6.29. The number of carbonyl (C=O) groups excluding carboxylic acids is 1. The molecule has 5 nitrogen and oxygen atoms in total. The number of amides is 1. The molecule has 1 atom stereocenters. The lowest BCUT2D eigenvalue weighted by molar-refractivity contribution is -0.123. The van der Waals surface area contributed by atoms with E-state index in [1.807, 2.05) is 26.0 Å². The molecule has 1 amide bonds. The molecule has 1 N–H and O–H groups in total. The first-order chi connectivity index (χ1) is 13.1. The summed E-state index contributed by atoms with van der Waals surface area (Å²) in [5.41, 5.74) is 4.86. The van der Waals surface area contributed by atoms with Gasteiger partial charge in [0.2, 0.25) is 5.91 Å². The fourth-order valence-corrected chi connectivity index (χ4v) is 4.60. The summed E-state index contributed by atoms with van der Waals surface area (Å²) in [7, 11) is 0. The first kappa shape index (κ1) is 18.9. The van der Waals surface area contributed by atoms with Gasteiger partial charge >= 0.3 is 0 Å². The van der Waals surface area contributed by atoms with Gasteiger partial charge in [-0.15, -0.1) is 0 Å². The highest BCUT2D eigenvalue weighted by atomic mass is 16.5. The van der Waals surface area contributed by atoms with Gasteiger partial charge in [-0.2, -0.15) is 0 Å². The molecule has 1 aromatic carbocycles. The molecule has 1 aromatic heterocycles. The lowest BCUT2D eigenvalue weighted by atomic mass is 10.0. The van der Waals surface area contributed by atoms with Crippen LogP contribution in [0.2, 0.25) is 0 Å². The fraction of sp³-hybridized carbons (Fsp3) is 0.522. The Hall–Kier alpha value is -2.43. The standard InChI is InChI=1S/C23H29N3O2/c1-13-11-24-14(2)18(26-13)17-9-7-8-15-10-16(28-19(15)17)12-25-21(27)20-22(3,4)23(20,5)6/h7-9,11,16,20H,10,12H2,1-6H3,(H,25,27). The molecular weight excluding hydrogens is 350 g/mol. The Morgan fingerprint density at radius 2 is 1.93 bits per heavy atom. The number of hydrogen-bond acceptors (Lipinski definition) is 4. The molecule has 0 bridgehead atoms. The van der Waals surface area contributed by atoms with Crippen LogP contribution in [0, 0.1) is 30.6 Å². The van der Waals surface area contributed by atoms with E-state index in [0.717, 1.165) is 40.4 Å². The van der Waals surface area contributed by atoms with Gasteiger partial charge in [0, 0.05) is 24.1 Å². The number of nitrogens with zero attached hydrogens (tertiary/aromatic N) is 2. The molecule has 5 heteroatoms. The first-order valence-electron chi connectivity index (χ1n) is 10.00. The van der Waals surface area contributed by atoms with E-state index in [0.29, 0.717) is 6.54 Å². The van der Waals surface area contributed by atoms with E-state index in [9.17, 15) is 4.79 Å². The van der Waals surface area contributed by atoms with Crippen LogP contribution in [0.25, 0.3) is 11.3 Å². The van der Waals surface area contributed by atoms with Gasteiger partial charge in [0.05, 0.1) is 23.6 Å². The van der Waals surface area contributed by atoms with Crippen LogP contribution >= 0.6 is 0 Å². The van der Waals surface area contributed by atoms with Crippen molar-refractivity contribution in [1.29, 1.82) is 0 Å². The van der Waals surface area contributed by atoms with Gasteiger partial charge in [0.1, 0.15) is 11.9 Å². The quantitative estimate of drug-likeness (QED) is 0.876. The number of benzene rings is 1. The predicted octanol–water partition coefficient (Wildman–Crippen LogP) is 3.86. The molecule has 0 radical (unpaired) electrons. The van der Waals surface area contributed by atoms with Crippen molar-refractivity contribution in [2.75, 3.05) is 6.54 Å². The van der Waals surface area contributed by atoms with Crippen LogP contribution in [0.4, 0.5) is 0 Å². The van der Waals surface area contributed by atoms with Crippen molar-refractivity contribution < 1.29 is 9.53 Å². The molecule has 1 fully saturated rings. The molecule has 0 spiro atoms. The van der Waals surface area contributed by atoms with E-state index < -0.39 is 0 Å². The maximum atomic E-state index is 12.7. The van der Waals surface area contributed by atoms with Crippen molar-refractivity contribution in [2.24, 2.45) is 16.7 Å². The van der Waals surface area contributed by atoms with E-state index in [1.165, 1.54) is 0 Å². The summed E-state index contributed by atoms with van der Waals surface area (Å²) in [6, 6.07) is 6.16. The second-order valence-corrected chi connectivity index (χ2v) is 9.30. The summed E-state index contributed by atoms with van der Waals surface area (Å²) < 4.78 is 6.26. The molecule has 2 aliphatic rings. The molecule has 2 aromatic rings. The lowest BCUT2D eigenvalue weighted by Gasteiger charge is -2.14. The maximum absolute atomic E-state index is 12.7. The number of fused-ring (bicyclic) bond motifs is 1. The average molecular weight is 380 g/mol. The first-order valence-corrected chi connectivity index (χ1v) is 10.00. The molecule has 1 aliphatic heterocycles. The van der Waals surface area contributed by atoms with Gasteiger partial charge in [0.15, 0.2) is 0 Å². The maximum Gasteiger partial charge on any atom is 0.224 e. The number of aromatic nitrogens is 2. The van der Waals surface area contributed by atoms with Crippen molar-refractivity contribution >= 4 is 5.91 Å². The van der Waals surface area contributed by atoms with Crippen LogP contribution < -0.4 is 10.1 Å². The highest BCUT2D eigenvalue weighted by Crippen LogP contribution is 2.68. The van der Waals surface area contributed by atoms with Gasteiger partial charge in [-0.1, -0.05) is 39.8 Å².